The van der Waals surface area contributed by atoms with Crippen LogP contribution in [-0.2, 0) is 0 Å². The average Bonchev–Trinajstić information content (AvgIpc) is 3.05. The topological polar surface area (TPSA) is 87.2 Å². The number of carbonyl (C=O) groups excluding carboxylic acids is 1. The maximum atomic E-state index is 12.3. The fourth-order valence-electron chi connectivity index (χ4n) is 2.21. The van der Waals surface area contributed by atoms with Gasteiger partial charge >= 0.3 is 0 Å². The first-order chi connectivity index (χ1) is 11.6. The lowest BCUT2D eigenvalue weighted by Gasteiger charge is -2.07. The molecule has 122 valence electrons. The van der Waals surface area contributed by atoms with Crippen molar-refractivity contribution in [1.82, 2.24) is 10.2 Å². The second-order valence-electron chi connectivity index (χ2n) is 4.99. The van der Waals surface area contributed by atoms with Crippen molar-refractivity contribution in [3.05, 3.63) is 59.2 Å². The molecule has 0 aliphatic heterocycles. The van der Waals surface area contributed by atoms with Crippen LogP contribution in [0.15, 0.2) is 48.5 Å². The first kappa shape index (κ1) is 15.9. The highest BCUT2D eigenvalue weighted by molar-refractivity contribution is 6.32. The van der Waals surface area contributed by atoms with Crippen LogP contribution in [-0.4, -0.2) is 28.3 Å². The van der Waals surface area contributed by atoms with Crippen LogP contribution in [0.5, 0.6) is 11.5 Å². The molecule has 0 fully saturated rings. The molecule has 0 unspecified atom stereocenters. The van der Waals surface area contributed by atoms with Crippen LogP contribution in [0.4, 0.5) is 5.69 Å². The first-order valence-corrected chi connectivity index (χ1v) is 7.45. The van der Waals surface area contributed by atoms with Crippen LogP contribution in [0, 0.1) is 0 Å². The van der Waals surface area contributed by atoms with Crippen molar-refractivity contribution < 1.29 is 14.6 Å². The SMILES string of the molecule is COc1ccc(NC(=O)c2cc(-c3ccccc3O)n[nH]2)cc1Cl. The predicted octanol–water partition coefficient (Wildman–Crippen LogP) is 3.70. The average molecular weight is 344 g/mol. The summed E-state index contributed by atoms with van der Waals surface area (Å²) in [7, 11) is 1.52. The van der Waals surface area contributed by atoms with Gasteiger partial charge in [-0.15, -0.1) is 0 Å². The van der Waals surface area contributed by atoms with E-state index in [9.17, 15) is 9.90 Å². The first-order valence-electron chi connectivity index (χ1n) is 7.07. The Labute approximate surface area is 143 Å². The van der Waals surface area contributed by atoms with Crippen LogP contribution in [0.2, 0.25) is 5.02 Å². The summed E-state index contributed by atoms with van der Waals surface area (Å²) in [6.07, 6.45) is 0. The number of hydrogen-bond acceptors (Lipinski definition) is 4. The summed E-state index contributed by atoms with van der Waals surface area (Å²) in [4.78, 5) is 12.3. The molecule has 0 saturated heterocycles. The minimum absolute atomic E-state index is 0.0953. The lowest BCUT2D eigenvalue weighted by Crippen LogP contribution is -2.12. The molecule has 3 N–H and O–H groups in total. The molecule has 24 heavy (non-hydrogen) atoms. The molecule has 0 bridgehead atoms. The normalized spacial score (nSPS) is 10.4. The highest BCUT2D eigenvalue weighted by atomic mass is 35.5. The van der Waals surface area contributed by atoms with Gasteiger partial charge in [-0.3, -0.25) is 9.89 Å². The van der Waals surface area contributed by atoms with Crippen molar-refractivity contribution in [2.24, 2.45) is 0 Å². The number of para-hydroxylation sites is 1. The van der Waals surface area contributed by atoms with Gasteiger partial charge in [0.05, 0.1) is 17.8 Å². The number of aromatic nitrogens is 2. The number of aromatic amines is 1. The van der Waals surface area contributed by atoms with E-state index >= 15 is 0 Å². The van der Waals surface area contributed by atoms with E-state index in [1.807, 2.05) is 0 Å². The lowest BCUT2D eigenvalue weighted by molar-refractivity contribution is 0.102. The Morgan fingerprint density at radius 1 is 1.25 bits per heavy atom. The second kappa shape index (κ2) is 6.64. The molecule has 2 aromatic carbocycles. The van der Waals surface area contributed by atoms with Crippen LogP contribution in [0.3, 0.4) is 0 Å². The maximum absolute atomic E-state index is 12.3. The lowest BCUT2D eigenvalue weighted by atomic mass is 10.1. The minimum Gasteiger partial charge on any atom is -0.507 e. The quantitative estimate of drug-likeness (QED) is 0.674. The van der Waals surface area contributed by atoms with Gasteiger partial charge in [0.25, 0.3) is 5.91 Å². The number of anilines is 1. The second-order valence-corrected chi connectivity index (χ2v) is 5.39. The highest BCUT2D eigenvalue weighted by Gasteiger charge is 2.14. The Morgan fingerprint density at radius 2 is 2.04 bits per heavy atom. The van der Waals surface area contributed by atoms with Gasteiger partial charge in [-0.2, -0.15) is 5.10 Å². The number of ether oxygens (including phenoxy) is 1. The van der Waals surface area contributed by atoms with Crippen molar-refractivity contribution in [3.8, 4) is 22.8 Å². The van der Waals surface area contributed by atoms with E-state index in [-0.39, 0.29) is 17.4 Å². The standard InChI is InChI=1S/C17H14ClN3O3/c1-24-16-7-6-10(8-12(16)18)19-17(23)14-9-13(20-21-14)11-4-2-3-5-15(11)22/h2-9,22H,1H3,(H,19,23)(H,20,21). The zero-order valence-electron chi connectivity index (χ0n) is 12.7. The van der Waals surface area contributed by atoms with Crippen LogP contribution >= 0.6 is 11.6 Å². The molecule has 3 rings (SSSR count). The summed E-state index contributed by atoms with van der Waals surface area (Å²) in [6, 6.07) is 13.3. The number of H-pyrrole nitrogens is 1. The number of phenols is 1. The molecule has 0 saturated carbocycles. The van der Waals surface area contributed by atoms with Gasteiger partial charge in [-0.25, -0.2) is 0 Å². The van der Waals surface area contributed by atoms with E-state index in [1.165, 1.54) is 7.11 Å². The van der Waals surface area contributed by atoms with Gasteiger partial charge in [0.1, 0.15) is 17.2 Å². The van der Waals surface area contributed by atoms with E-state index in [1.54, 1.807) is 48.5 Å². The number of phenolic OH excluding ortho intramolecular Hbond substituents is 1. The van der Waals surface area contributed by atoms with Crippen molar-refractivity contribution >= 4 is 23.2 Å². The number of benzene rings is 2. The number of amides is 1. The molecule has 0 atom stereocenters. The Balaban J connectivity index is 1.79. The van der Waals surface area contributed by atoms with Crippen molar-refractivity contribution in [1.29, 1.82) is 0 Å². The number of nitrogens with zero attached hydrogens (tertiary/aromatic N) is 1. The molecule has 0 aliphatic rings. The Kier molecular flexibility index (Phi) is 4.39. The van der Waals surface area contributed by atoms with E-state index in [0.717, 1.165) is 0 Å². The number of hydrogen-bond donors (Lipinski definition) is 3. The van der Waals surface area contributed by atoms with Crippen LogP contribution in [0.25, 0.3) is 11.3 Å². The third kappa shape index (κ3) is 3.18. The highest BCUT2D eigenvalue weighted by Crippen LogP contribution is 2.29. The van der Waals surface area contributed by atoms with Crippen molar-refractivity contribution in [2.75, 3.05) is 12.4 Å². The third-order valence-corrected chi connectivity index (χ3v) is 3.71. The molecule has 0 aliphatic carbocycles. The molecule has 1 aromatic heterocycles. The molecule has 0 radical (unpaired) electrons. The van der Waals surface area contributed by atoms with E-state index in [4.69, 9.17) is 16.3 Å². The van der Waals surface area contributed by atoms with Gasteiger partial charge in [-0.05, 0) is 36.4 Å². The van der Waals surface area contributed by atoms with Gasteiger partial charge in [-0.1, -0.05) is 23.7 Å². The largest absolute Gasteiger partial charge is 0.507 e. The van der Waals surface area contributed by atoms with Crippen LogP contribution < -0.4 is 10.1 Å². The van der Waals surface area contributed by atoms with E-state index in [2.05, 4.69) is 15.5 Å². The molecule has 6 nitrogen and oxygen atoms in total. The zero-order chi connectivity index (χ0) is 17.1. The van der Waals surface area contributed by atoms with E-state index in [0.29, 0.717) is 27.7 Å². The fourth-order valence-corrected chi connectivity index (χ4v) is 2.47. The van der Waals surface area contributed by atoms with E-state index < -0.39 is 0 Å². The summed E-state index contributed by atoms with van der Waals surface area (Å²) in [6.45, 7) is 0. The smallest absolute Gasteiger partial charge is 0.273 e. The number of methoxy groups -OCH3 is 1. The molecule has 1 amide bonds. The number of nitrogens with one attached hydrogen (secondary N) is 2. The van der Waals surface area contributed by atoms with Gasteiger partial charge in [0, 0.05) is 11.3 Å². The number of carbonyl (C=O) groups is 1. The van der Waals surface area contributed by atoms with Gasteiger partial charge < -0.3 is 15.2 Å². The summed E-state index contributed by atoms with van der Waals surface area (Å²) >= 11 is 6.04. The van der Waals surface area contributed by atoms with Crippen molar-refractivity contribution in [2.45, 2.75) is 0 Å². The minimum atomic E-state index is -0.370. The summed E-state index contributed by atoms with van der Waals surface area (Å²) in [5.74, 6) is 0.251. The van der Waals surface area contributed by atoms with Crippen LogP contribution in [0.1, 0.15) is 10.5 Å². The molecule has 3 aromatic rings. The molecular formula is C17H14ClN3O3. The summed E-state index contributed by atoms with van der Waals surface area (Å²) in [5.41, 5.74) is 1.82. The predicted molar refractivity (Wildman–Crippen MR) is 91.6 cm³/mol. The van der Waals surface area contributed by atoms with Gasteiger partial charge in [0.2, 0.25) is 0 Å². The van der Waals surface area contributed by atoms with Crippen molar-refractivity contribution in [3.63, 3.8) is 0 Å². The Hall–Kier alpha value is -2.99. The molecule has 0 spiro atoms. The molecular weight excluding hydrogens is 330 g/mol. The summed E-state index contributed by atoms with van der Waals surface area (Å²) < 4.78 is 5.07. The number of rotatable bonds is 4. The van der Waals surface area contributed by atoms with Gasteiger partial charge in [0.15, 0.2) is 0 Å². The molecule has 7 heteroatoms. The monoisotopic (exact) mass is 343 g/mol. The fraction of sp³-hybridized carbons (Fsp3) is 0.0588. The molecule has 1 heterocycles. The Morgan fingerprint density at radius 3 is 2.75 bits per heavy atom. The number of aromatic hydroxyl groups is 1. The zero-order valence-corrected chi connectivity index (χ0v) is 13.5. The maximum Gasteiger partial charge on any atom is 0.273 e. The summed E-state index contributed by atoms with van der Waals surface area (Å²) in [5, 5.41) is 19.7. The Bertz CT molecular complexity index is 892. The number of halogens is 1. The third-order valence-electron chi connectivity index (χ3n) is 3.41.